The number of hydrogen-bond acceptors (Lipinski definition) is 1. The summed E-state index contributed by atoms with van der Waals surface area (Å²) >= 11 is 5.07. The molecule has 0 radical (unpaired) electrons. The Labute approximate surface area is 58.5 Å². The van der Waals surface area contributed by atoms with Crippen LogP contribution in [-0.2, 0) is 6.18 Å². The minimum absolute atomic E-state index is 0.600. The van der Waals surface area contributed by atoms with E-state index in [0.717, 1.165) is 0 Å². The molecule has 0 spiro atoms. The van der Waals surface area contributed by atoms with E-state index in [-0.39, 0.29) is 0 Å². The van der Waals surface area contributed by atoms with Crippen molar-refractivity contribution in [3.63, 3.8) is 0 Å². The van der Waals surface area contributed by atoms with Crippen molar-refractivity contribution in [2.24, 2.45) is 0 Å². The first-order chi connectivity index (χ1) is 4.50. The van der Waals surface area contributed by atoms with Gasteiger partial charge in [0.05, 0.1) is 5.10 Å². The summed E-state index contributed by atoms with van der Waals surface area (Å²) in [5.41, 5.74) is -1.04. The van der Waals surface area contributed by atoms with E-state index in [2.05, 4.69) is 5.10 Å². The van der Waals surface area contributed by atoms with Crippen LogP contribution < -0.4 is 4.20 Å². The molecule has 0 aromatic carbocycles. The second-order valence-electron chi connectivity index (χ2n) is 1.54. The topological polar surface area (TPSA) is 32.6 Å². The molecule has 0 saturated heterocycles. The van der Waals surface area contributed by atoms with Crippen molar-refractivity contribution >= 4 is 11.8 Å². The number of nitrogens with one attached hydrogen (secondary N) is 1. The predicted octanol–water partition coefficient (Wildman–Crippen LogP) is 0.718. The molecule has 0 aliphatic rings. The van der Waals surface area contributed by atoms with Gasteiger partial charge in [0, 0.05) is 0 Å². The molecule has 0 bridgehead atoms. The predicted molar refractivity (Wildman–Crippen MR) is 25.0 cm³/mol. The Hall–Kier alpha value is -0.780. The van der Waals surface area contributed by atoms with E-state index in [0.29, 0.717) is 10.4 Å². The van der Waals surface area contributed by atoms with Gasteiger partial charge in [-0.3, -0.25) is 0 Å². The van der Waals surface area contributed by atoms with Crippen LogP contribution in [0.15, 0.2) is 6.20 Å². The third-order valence-corrected chi connectivity index (χ3v) is 0.965. The lowest BCUT2D eigenvalue weighted by Crippen LogP contribution is -2.20. The summed E-state index contributed by atoms with van der Waals surface area (Å²) < 4.78 is 35.5. The molecule has 0 saturated carbocycles. The number of nitrogens with zero attached hydrogens (tertiary/aromatic N) is 2. The van der Waals surface area contributed by atoms with Crippen molar-refractivity contribution in [2.75, 3.05) is 0 Å². The molecule has 1 N–H and O–H groups in total. The van der Waals surface area contributed by atoms with E-state index in [1.165, 1.54) is 0 Å². The molecule has 56 valence electrons. The zero-order valence-corrected chi connectivity index (χ0v) is 5.24. The maximum atomic E-state index is 11.6. The van der Waals surface area contributed by atoms with E-state index in [1.807, 2.05) is 5.21 Å². The molecule has 3 nitrogen and oxygen atoms in total. The molecule has 0 amide bonds. The quantitative estimate of drug-likeness (QED) is 0.615. The van der Waals surface area contributed by atoms with Crippen molar-refractivity contribution in [1.29, 1.82) is 0 Å². The third kappa shape index (κ3) is 1.38. The van der Waals surface area contributed by atoms with E-state index in [1.54, 1.807) is 0 Å². The molecule has 1 aromatic heterocycles. The van der Waals surface area contributed by atoms with Crippen LogP contribution in [0.1, 0.15) is 5.69 Å². The lowest BCUT2D eigenvalue weighted by atomic mass is 10.5. The molecule has 7 heteroatoms. The van der Waals surface area contributed by atoms with Crippen molar-refractivity contribution < 1.29 is 17.4 Å². The number of aromatic nitrogens is 3. The van der Waals surface area contributed by atoms with Gasteiger partial charge >= 0.3 is 11.9 Å². The number of H-pyrrole nitrogens is 1. The van der Waals surface area contributed by atoms with Gasteiger partial charge in [-0.2, -0.15) is 13.2 Å². The van der Waals surface area contributed by atoms with Crippen LogP contribution in [0.2, 0.25) is 0 Å². The molecular weight excluding hydrogens is 171 g/mol. The number of alkyl halides is 3. The molecule has 10 heavy (non-hydrogen) atoms. The van der Waals surface area contributed by atoms with Gasteiger partial charge in [-0.1, -0.05) is 4.20 Å². The molecule has 0 aliphatic carbocycles. The zero-order valence-electron chi connectivity index (χ0n) is 4.48. The Kier molecular flexibility index (Phi) is 1.55. The van der Waals surface area contributed by atoms with E-state index < -0.39 is 11.9 Å². The summed E-state index contributed by atoms with van der Waals surface area (Å²) in [7, 11) is 0. The van der Waals surface area contributed by atoms with Crippen LogP contribution in [0.4, 0.5) is 13.2 Å². The average Bonchev–Trinajstić information content (AvgIpc) is 2.11. The molecule has 0 fully saturated rings. The zero-order chi connectivity index (χ0) is 7.78. The molecular formula is C3H2ClF3N3+. The standard InChI is InChI=1S/C3HClF3N3/c4-10-1-2(8-9-10)3(5,6)7/h1H/p+1. The van der Waals surface area contributed by atoms with Crippen molar-refractivity contribution in [2.45, 2.75) is 6.18 Å². The maximum absolute atomic E-state index is 11.6. The lowest BCUT2D eigenvalue weighted by molar-refractivity contribution is -0.588. The first-order valence-corrected chi connectivity index (χ1v) is 2.54. The monoisotopic (exact) mass is 172 g/mol. The summed E-state index contributed by atoms with van der Waals surface area (Å²) in [6.07, 6.45) is -3.79. The van der Waals surface area contributed by atoms with Gasteiger partial charge in [0.2, 0.25) is 0 Å². The first kappa shape index (κ1) is 7.33. The molecule has 0 atom stereocenters. The summed E-state index contributed by atoms with van der Waals surface area (Å²) in [6, 6.07) is 0. The van der Waals surface area contributed by atoms with Crippen LogP contribution in [0.5, 0.6) is 0 Å². The Bertz CT molecular complexity index is 229. The molecule has 1 aromatic rings. The second-order valence-corrected chi connectivity index (χ2v) is 1.90. The lowest BCUT2D eigenvalue weighted by Gasteiger charge is -1.92. The van der Waals surface area contributed by atoms with Gasteiger partial charge in [-0.15, -0.1) is 0 Å². The highest BCUT2D eigenvalue weighted by Gasteiger charge is 2.40. The number of halogens is 4. The number of aromatic amines is 1. The SMILES string of the molecule is FC(F)(F)c1c[n+](Cl)[nH]n1. The first-order valence-electron chi connectivity index (χ1n) is 2.20. The Morgan fingerprint density at radius 3 is 2.40 bits per heavy atom. The highest BCUT2D eigenvalue weighted by atomic mass is 35.5. The highest BCUT2D eigenvalue weighted by Crippen LogP contribution is 2.25. The Morgan fingerprint density at radius 1 is 1.60 bits per heavy atom. The van der Waals surface area contributed by atoms with Crippen LogP contribution in [-0.4, -0.2) is 10.3 Å². The summed E-state index contributed by atoms with van der Waals surface area (Å²) in [4.78, 5) is 0. The van der Waals surface area contributed by atoms with Gasteiger partial charge in [0.1, 0.15) is 0 Å². The van der Waals surface area contributed by atoms with Crippen LogP contribution in [0.3, 0.4) is 0 Å². The molecule has 1 heterocycles. The van der Waals surface area contributed by atoms with Crippen LogP contribution >= 0.6 is 11.8 Å². The smallest absolute Gasteiger partial charge is 0.162 e. The fourth-order valence-corrected chi connectivity index (χ4v) is 0.534. The maximum Gasteiger partial charge on any atom is 0.464 e. The Balaban J connectivity index is 2.96. The second kappa shape index (κ2) is 2.12. The highest BCUT2D eigenvalue weighted by molar-refractivity contribution is 6.03. The van der Waals surface area contributed by atoms with Crippen LogP contribution in [0.25, 0.3) is 0 Å². The minimum Gasteiger partial charge on any atom is -0.162 e. The van der Waals surface area contributed by atoms with Gasteiger partial charge < -0.3 is 0 Å². The minimum atomic E-state index is -4.43. The van der Waals surface area contributed by atoms with Gasteiger partial charge in [-0.05, 0) is 5.21 Å². The number of hydrogen-bond donors (Lipinski definition) is 1. The van der Waals surface area contributed by atoms with Crippen molar-refractivity contribution in [3.8, 4) is 0 Å². The molecule has 0 aliphatic heterocycles. The largest absolute Gasteiger partial charge is 0.464 e. The normalized spacial score (nSPS) is 12.0. The summed E-state index contributed by atoms with van der Waals surface area (Å²) in [5, 5.41) is 4.76. The fourth-order valence-electron chi connectivity index (χ4n) is 0.403. The van der Waals surface area contributed by atoms with Gasteiger partial charge in [-0.25, -0.2) is 0 Å². The van der Waals surface area contributed by atoms with Crippen molar-refractivity contribution in [3.05, 3.63) is 11.9 Å². The summed E-state index contributed by atoms with van der Waals surface area (Å²) in [6.45, 7) is 0. The van der Waals surface area contributed by atoms with E-state index >= 15 is 0 Å². The van der Waals surface area contributed by atoms with Crippen molar-refractivity contribution in [1.82, 2.24) is 10.3 Å². The van der Waals surface area contributed by atoms with Crippen LogP contribution in [0, 0.1) is 0 Å². The number of rotatable bonds is 0. The molecule has 1 rings (SSSR count). The third-order valence-electron chi connectivity index (χ3n) is 0.792. The molecule has 0 unspecified atom stereocenters. The Morgan fingerprint density at radius 2 is 2.20 bits per heavy atom. The summed E-state index contributed by atoms with van der Waals surface area (Å²) in [5.74, 6) is 0. The van der Waals surface area contributed by atoms with E-state index in [4.69, 9.17) is 11.8 Å². The van der Waals surface area contributed by atoms with Gasteiger partial charge in [0.25, 0.3) is 0 Å². The van der Waals surface area contributed by atoms with E-state index in [9.17, 15) is 13.2 Å². The fraction of sp³-hybridized carbons (Fsp3) is 0.333. The average molecular weight is 173 g/mol. The van der Waals surface area contributed by atoms with Gasteiger partial charge in [0.15, 0.2) is 18.0 Å².